The first kappa shape index (κ1) is 14.6. The Labute approximate surface area is 122 Å². The van der Waals surface area contributed by atoms with Crippen molar-refractivity contribution >= 4 is 17.3 Å². The number of benzene rings is 2. The van der Waals surface area contributed by atoms with Crippen LogP contribution in [0.2, 0.25) is 5.02 Å². The van der Waals surface area contributed by atoms with Crippen molar-refractivity contribution in [2.45, 2.75) is 6.04 Å². The number of rotatable bonds is 5. The number of ether oxygens (including phenoxy) is 1. The summed E-state index contributed by atoms with van der Waals surface area (Å²) < 4.78 is 18.2. The minimum atomic E-state index is -0.475. The van der Waals surface area contributed by atoms with Crippen LogP contribution in [0, 0.1) is 5.82 Å². The molecule has 0 aliphatic heterocycles. The molecule has 2 rings (SSSR count). The molecule has 0 heterocycles. The van der Waals surface area contributed by atoms with Crippen molar-refractivity contribution in [2.24, 2.45) is 0 Å². The fourth-order valence-electron chi connectivity index (χ4n) is 1.85. The highest BCUT2D eigenvalue weighted by Crippen LogP contribution is 2.24. The molecule has 0 aliphatic carbocycles. The van der Waals surface area contributed by atoms with E-state index in [2.05, 4.69) is 5.32 Å². The van der Waals surface area contributed by atoms with Crippen molar-refractivity contribution in [3.63, 3.8) is 0 Å². The molecule has 0 bridgehead atoms. The Morgan fingerprint density at radius 1 is 1.25 bits per heavy atom. The summed E-state index contributed by atoms with van der Waals surface area (Å²) in [7, 11) is 1.60. The number of aliphatic hydroxyl groups excluding tert-OH is 1. The molecule has 0 aliphatic rings. The molecule has 20 heavy (non-hydrogen) atoms. The number of hydrogen-bond donors (Lipinski definition) is 2. The van der Waals surface area contributed by atoms with E-state index in [1.54, 1.807) is 13.2 Å². The third-order valence-electron chi connectivity index (χ3n) is 2.96. The van der Waals surface area contributed by atoms with E-state index in [9.17, 15) is 9.50 Å². The number of halogens is 2. The van der Waals surface area contributed by atoms with E-state index >= 15 is 0 Å². The van der Waals surface area contributed by atoms with Crippen molar-refractivity contribution in [1.29, 1.82) is 0 Å². The highest BCUT2D eigenvalue weighted by molar-refractivity contribution is 6.30. The van der Waals surface area contributed by atoms with Gasteiger partial charge in [-0.15, -0.1) is 0 Å². The standard InChI is InChI=1S/C15H15ClFNO2/c1-20-12-5-3-11(4-6-12)18-15(9-19)10-2-7-14(17)13(16)8-10/h2-8,15,18-19H,9H2,1H3. The van der Waals surface area contributed by atoms with E-state index in [1.807, 2.05) is 24.3 Å². The Hall–Kier alpha value is -1.78. The predicted octanol–water partition coefficient (Wildman–Crippen LogP) is 3.63. The second-order valence-corrected chi connectivity index (χ2v) is 4.69. The zero-order valence-corrected chi connectivity index (χ0v) is 11.7. The predicted molar refractivity (Wildman–Crippen MR) is 77.9 cm³/mol. The van der Waals surface area contributed by atoms with Gasteiger partial charge in [-0.2, -0.15) is 0 Å². The van der Waals surface area contributed by atoms with Crippen LogP contribution in [0.15, 0.2) is 42.5 Å². The first-order valence-corrected chi connectivity index (χ1v) is 6.48. The fraction of sp³-hybridized carbons (Fsp3) is 0.200. The Morgan fingerprint density at radius 2 is 1.95 bits per heavy atom. The first-order chi connectivity index (χ1) is 9.63. The van der Waals surface area contributed by atoms with Crippen LogP contribution in [0.25, 0.3) is 0 Å². The van der Waals surface area contributed by atoms with E-state index in [0.717, 1.165) is 17.0 Å². The van der Waals surface area contributed by atoms with Crippen molar-refractivity contribution in [3.8, 4) is 5.75 Å². The molecule has 0 fully saturated rings. The van der Waals surface area contributed by atoms with Gasteiger partial charge in [-0.3, -0.25) is 0 Å². The van der Waals surface area contributed by atoms with Crippen LogP contribution in [0.1, 0.15) is 11.6 Å². The molecule has 5 heteroatoms. The van der Waals surface area contributed by atoms with Crippen molar-refractivity contribution in [1.82, 2.24) is 0 Å². The number of aliphatic hydroxyl groups is 1. The molecule has 0 amide bonds. The summed E-state index contributed by atoms with van der Waals surface area (Å²) in [5.74, 6) is 0.275. The Bertz CT molecular complexity index is 575. The van der Waals surface area contributed by atoms with Crippen molar-refractivity contribution in [2.75, 3.05) is 19.0 Å². The summed E-state index contributed by atoms with van der Waals surface area (Å²) in [5.41, 5.74) is 1.54. The third-order valence-corrected chi connectivity index (χ3v) is 3.25. The Balaban J connectivity index is 2.16. The summed E-state index contributed by atoms with van der Waals surface area (Å²) in [6.07, 6.45) is 0. The van der Waals surface area contributed by atoms with E-state index in [4.69, 9.17) is 16.3 Å². The normalized spacial score (nSPS) is 12.0. The summed E-state index contributed by atoms with van der Waals surface area (Å²) in [4.78, 5) is 0. The Kier molecular flexibility index (Phi) is 4.82. The van der Waals surface area contributed by atoms with Gasteiger partial charge in [0.05, 0.1) is 24.8 Å². The molecule has 1 unspecified atom stereocenters. The second kappa shape index (κ2) is 6.59. The van der Waals surface area contributed by atoms with Gasteiger partial charge in [0.2, 0.25) is 0 Å². The van der Waals surface area contributed by atoms with E-state index in [-0.39, 0.29) is 17.7 Å². The molecule has 0 saturated heterocycles. The highest BCUT2D eigenvalue weighted by Gasteiger charge is 2.12. The lowest BCUT2D eigenvalue weighted by Crippen LogP contribution is -2.14. The number of methoxy groups -OCH3 is 1. The summed E-state index contributed by atoms with van der Waals surface area (Å²) in [6.45, 7) is -0.131. The molecular formula is C15H15ClFNO2. The molecular weight excluding hydrogens is 281 g/mol. The third kappa shape index (κ3) is 3.40. The maximum absolute atomic E-state index is 13.1. The first-order valence-electron chi connectivity index (χ1n) is 6.10. The summed E-state index contributed by atoms with van der Waals surface area (Å²) in [5, 5.41) is 12.7. The second-order valence-electron chi connectivity index (χ2n) is 4.28. The minimum Gasteiger partial charge on any atom is -0.497 e. The number of anilines is 1. The monoisotopic (exact) mass is 295 g/mol. The van der Waals surface area contributed by atoms with Crippen LogP contribution in [0.4, 0.5) is 10.1 Å². The molecule has 106 valence electrons. The lowest BCUT2D eigenvalue weighted by Gasteiger charge is -2.18. The summed E-state index contributed by atoms with van der Waals surface area (Å²) >= 11 is 5.76. The van der Waals surface area contributed by atoms with Crippen LogP contribution in [-0.4, -0.2) is 18.8 Å². The van der Waals surface area contributed by atoms with Crippen molar-refractivity contribution in [3.05, 3.63) is 58.9 Å². The van der Waals surface area contributed by atoms with Gasteiger partial charge in [0.1, 0.15) is 11.6 Å². The molecule has 3 nitrogen and oxygen atoms in total. The molecule has 0 radical (unpaired) electrons. The number of nitrogens with one attached hydrogen (secondary N) is 1. The van der Waals surface area contributed by atoms with Gasteiger partial charge in [0, 0.05) is 5.69 Å². The largest absolute Gasteiger partial charge is 0.497 e. The van der Waals surface area contributed by atoms with Gasteiger partial charge in [-0.1, -0.05) is 17.7 Å². The lowest BCUT2D eigenvalue weighted by atomic mass is 10.1. The molecule has 0 aromatic heterocycles. The molecule has 2 aromatic rings. The van der Waals surface area contributed by atoms with Gasteiger partial charge in [0.15, 0.2) is 0 Å². The van der Waals surface area contributed by atoms with Gasteiger partial charge in [-0.25, -0.2) is 4.39 Å². The van der Waals surface area contributed by atoms with Crippen LogP contribution in [-0.2, 0) is 0 Å². The quantitative estimate of drug-likeness (QED) is 0.885. The molecule has 0 spiro atoms. The average Bonchev–Trinajstić information content (AvgIpc) is 2.48. The van der Waals surface area contributed by atoms with Crippen LogP contribution < -0.4 is 10.1 Å². The maximum atomic E-state index is 13.1. The van der Waals surface area contributed by atoms with Gasteiger partial charge in [0.25, 0.3) is 0 Å². The van der Waals surface area contributed by atoms with Gasteiger partial charge < -0.3 is 15.2 Å². The van der Waals surface area contributed by atoms with Crippen LogP contribution in [0.3, 0.4) is 0 Å². The summed E-state index contributed by atoms with van der Waals surface area (Å²) in [6, 6.07) is 11.3. The topological polar surface area (TPSA) is 41.5 Å². The maximum Gasteiger partial charge on any atom is 0.141 e. The lowest BCUT2D eigenvalue weighted by molar-refractivity contribution is 0.276. The van der Waals surface area contributed by atoms with E-state index in [0.29, 0.717) is 0 Å². The fourth-order valence-corrected chi connectivity index (χ4v) is 2.04. The van der Waals surface area contributed by atoms with E-state index < -0.39 is 5.82 Å². The van der Waals surface area contributed by atoms with Crippen molar-refractivity contribution < 1.29 is 14.2 Å². The zero-order chi connectivity index (χ0) is 14.5. The minimum absolute atomic E-state index is 0.0393. The van der Waals surface area contributed by atoms with Crippen LogP contribution >= 0.6 is 11.6 Å². The van der Waals surface area contributed by atoms with Crippen LogP contribution in [0.5, 0.6) is 5.75 Å². The highest BCUT2D eigenvalue weighted by atomic mass is 35.5. The Morgan fingerprint density at radius 3 is 2.50 bits per heavy atom. The van der Waals surface area contributed by atoms with Gasteiger partial charge in [-0.05, 0) is 42.0 Å². The molecule has 2 N–H and O–H groups in total. The van der Waals surface area contributed by atoms with E-state index in [1.165, 1.54) is 12.1 Å². The molecule has 2 aromatic carbocycles. The SMILES string of the molecule is COc1ccc(NC(CO)c2ccc(F)c(Cl)c2)cc1. The molecule has 1 atom stereocenters. The van der Waals surface area contributed by atoms with Gasteiger partial charge >= 0.3 is 0 Å². The smallest absolute Gasteiger partial charge is 0.141 e. The molecule has 0 saturated carbocycles. The number of hydrogen-bond acceptors (Lipinski definition) is 3. The zero-order valence-electron chi connectivity index (χ0n) is 10.9. The average molecular weight is 296 g/mol.